The zero-order valence-electron chi connectivity index (χ0n) is 20.0. The van der Waals surface area contributed by atoms with Gasteiger partial charge in [0.1, 0.15) is 17.6 Å². The Balaban J connectivity index is 1.52. The predicted molar refractivity (Wildman–Crippen MR) is 128 cm³/mol. The summed E-state index contributed by atoms with van der Waals surface area (Å²) in [6, 6.07) is 3.03. The molecule has 3 aromatic heterocycles. The van der Waals surface area contributed by atoms with Crippen LogP contribution in [0.2, 0.25) is 0 Å². The van der Waals surface area contributed by atoms with Crippen LogP contribution in [0.4, 0.5) is 5.82 Å². The second-order valence-corrected chi connectivity index (χ2v) is 8.86. The van der Waals surface area contributed by atoms with Crippen LogP contribution in [0.3, 0.4) is 0 Å². The van der Waals surface area contributed by atoms with Crippen molar-refractivity contribution in [1.82, 2.24) is 35.1 Å². The number of aromatic nitrogens is 6. The number of rotatable bonds is 7. The van der Waals surface area contributed by atoms with E-state index in [-0.39, 0.29) is 17.7 Å². The standard InChI is InChI=1S/C24H32N8O2/c1-4-32-19(15-26-30-32)23(33)29-21(17-9-7-5-6-8-10-17)24(34)28-20-12-11-18(14-25-20)22-16(2)13-27-31(22)3/h11-15,17,21H,4-10H2,1-3H3,(H,29,33)(H,25,28,34)/t21-/m0/s1. The maximum absolute atomic E-state index is 13.4. The predicted octanol–water partition coefficient (Wildman–Crippen LogP) is 3.11. The lowest BCUT2D eigenvalue weighted by Gasteiger charge is -2.26. The molecule has 1 aliphatic rings. The summed E-state index contributed by atoms with van der Waals surface area (Å²) in [5.41, 5.74) is 3.31. The Morgan fingerprint density at radius 3 is 2.50 bits per heavy atom. The number of nitrogens with one attached hydrogen (secondary N) is 2. The fraction of sp³-hybridized carbons (Fsp3) is 0.500. The number of amides is 2. The third-order valence-corrected chi connectivity index (χ3v) is 6.50. The topological polar surface area (TPSA) is 120 Å². The third kappa shape index (κ3) is 5.16. The Morgan fingerprint density at radius 2 is 1.88 bits per heavy atom. The molecule has 0 spiro atoms. The molecule has 0 aliphatic heterocycles. The minimum atomic E-state index is -0.661. The van der Waals surface area contributed by atoms with E-state index in [9.17, 15) is 9.59 Å². The van der Waals surface area contributed by atoms with E-state index in [2.05, 4.69) is 31.0 Å². The molecule has 4 rings (SSSR count). The maximum atomic E-state index is 13.4. The van der Waals surface area contributed by atoms with Gasteiger partial charge in [0.25, 0.3) is 5.91 Å². The van der Waals surface area contributed by atoms with E-state index in [1.165, 1.54) is 10.9 Å². The van der Waals surface area contributed by atoms with E-state index >= 15 is 0 Å². The summed E-state index contributed by atoms with van der Waals surface area (Å²) in [5.74, 6) is -0.0885. The van der Waals surface area contributed by atoms with Crippen LogP contribution in [0.25, 0.3) is 11.3 Å². The second kappa shape index (κ2) is 10.6. The number of hydrogen-bond donors (Lipinski definition) is 2. The first kappa shape index (κ1) is 23.6. The molecule has 10 heteroatoms. The summed E-state index contributed by atoms with van der Waals surface area (Å²) < 4.78 is 3.33. The number of carbonyl (C=O) groups is 2. The van der Waals surface area contributed by atoms with E-state index in [4.69, 9.17) is 0 Å². The molecule has 1 aliphatic carbocycles. The SMILES string of the molecule is CCn1nncc1C(=O)N[C@H](C(=O)Nc1ccc(-c2c(C)cnn2C)cn1)C1CCCCCC1. The fourth-order valence-electron chi connectivity index (χ4n) is 4.70. The van der Waals surface area contributed by atoms with Gasteiger partial charge in [-0.05, 0) is 50.3 Å². The molecule has 1 saturated carbocycles. The molecule has 1 fully saturated rings. The first-order valence-corrected chi connectivity index (χ1v) is 11.9. The van der Waals surface area contributed by atoms with Gasteiger partial charge in [-0.15, -0.1) is 5.10 Å². The lowest BCUT2D eigenvalue weighted by molar-refractivity contribution is -0.119. The molecule has 1 atom stereocenters. The smallest absolute Gasteiger partial charge is 0.271 e. The van der Waals surface area contributed by atoms with E-state index < -0.39 is 6.04 Å². The molecule has 34 heavy (non-hydrogen) atoms. The number of carbonyl (C=O) groups excluding carboxylic acids is 2. The van der Waals surface area contributed by atoms with Gasteiger partial charge in [0.05, 0.1) is 18.1 Å². The molecule has 10 nitrogen and oxygen atoms in total. The van der Waals surface area contributed by atoms with Crippen molar-refractivity contribution in [3.63, 3.8) is 0 Å². The summed E-state index contributed by atoms with van der Waals surface area (Å²) in [5, 5.41) is 17.9. The van der Waals surface area contributed by atoms with E-state index in [0.717, 1.165) is 55.3 Å². The molecule has 0 unspecified atom stereocenters. The highest BCUT2D eigenvalue weighted by Crippen LogP contribution is 2.27. The zero-order valence-corrected chi connectivity index (χ0v) is 20.0. The minimum Gasteiger partial charge on any atom is -0.339 e. The van der Waals surface area contributed by atoms with Gasteiger partial charge in [0, 0.05) is 25.4 Å². The minimum absolute atomic E-state index is 0.0637. The van der Waals surface area contributed by atoms with Gasteiger partial charge in [-0.1, -0.05) is 30.9 Å². The molecule has 0 aromatic carbocycles. The molecule has 2 N–H and O–H groups in total. The van der Waals surface area contributed by atoms with Crippen LogP contribution in [0.15, 0.2) is 30.7 Å². The van der Waals surface area contributed by atoms with Crippen molar-refractivity contribution in [2.45, 2.75) is 65.0 Å². The molecule has 0 saturated heterocycles. The first-order chi connectivity index (χ1) is 16.5. The van der Waals surface area contributed by atoms with Crippen LogP contribution in [-0.4, -0.2) is 47.6 Å². The van der Waals surface area contributed by atoms with Crippen molar-refractivity contribution in [1.29, 1.82) is 0 Å². The largest absolute Gasteiger partial charge is 0.339 e. The summed E-state index contributed by atoms with van der Waals surface area (Å²) in [6.45, 7) is 4.41. The summed E-state index contributed by atoms with van der Waals surface area (Å²) >= 11 is 0. The van der Waals surface area contributed by atoms with Gasteiger partial charge in [0.15, 0.2) is 0 Å². The molecule has 0 radical (unpaired) electrons. The maximum Gasteiger partial charge on any atom is 0.271 e. The van der Waals surface area contributed by atoms with Crippen molar-refractivity contribution in [2.75, 3.05) is 5.32 Å². The lowest BCUT2D eigenvalue weighted by atomic mass is 9.91. The highest BCUT2D eigenvalue weighted by Gasteiger charge is 2.31. The number of hydrogen-bond acceptors (Lipinski definition) is 6. The Bertz CT molecular complexity index is 1110. The van der Waals surface area contributed by atoms with Gasteiger partial charge in [0.2, 0.25) is 5.91 Å². The Kier molecular flexibility index (Phi) is 7.34. The van der Waals surface area contributed by atoms with Crippen LogP contribution < -0.4 is 10.6 Å². The van der Waals surface area contributed by atoms with E-state index in [0.29, 0.717) is 18.1 Å². The fourth-order valence-corrected chi connectivity index (χ4v) is 4.70. The number of aryl methyl sites for hydroxylation is 3. The molecular weight excluding hydrogens is 432 g/mol. The second-order valence-electron chi connectivity index (χ2n) is 8.86. The first-order valence-electron chi connectivity index (χ1n) is 11.9. The van der Waals surface area contributed by atoms with Crippen LogP contribution in [0.5, 0.6) is 0 Å². The molecule has 2 amide bonds. The van der Waals surface area contributed by atoms with Gasteiger partial charge >= 0.3 is 0 Å². The van der Waals surface area contributed by atoms with E-state index in [1.807, 2.05) is 33.2 Å². The quantitative estimate of drug-likeness (QED) is 0.519. The van der Waals surface area contributed by atoms with Crippen LogP contribution in [0.1, 0.15) is 61.5 Å². The number of pyridine rings is 1. The van der Waals surface area contributed by atoms with Gasteiger partial charge in [-0.25, -0.2) is 9.67 Å². The molecule has 180 valence electrons. The monoisotopic (exact) mass is 464 g/mol. The van der Waals surface area contributed by atoms with Gasteiger partial charge in [-0.2, -0.15) is 5.10 Å². The van der Waals surface area contributed by atoms with Crippen LogP contribution >= 0.6 is 0 Å². The van der Waals surface area contributed by atoms with Crippen molar-refractivity contribution in [3.05, 3.63) is 42.0 Å². The van der Waals surface area contributed by atoms with Crippen molar-refractivity contribution in [3.8, 4) is 11.3 Å². The molecule has 3 aromatic rings. The average Bonchev–Trinajstić information content (AvgIpc) is 3.34. The number of anilines is 1. The molecular formula is C24H32N8O2. The van der Waals surface area contributed by atoms with Crippen LogP contribution in [0, 0.1) is 12.8 Å². The summed E-state index contributed by atoms with van der Waals surface area (Å²) in [6.07, 6.45) is 11.2. The Hall–Kier alpha value is -3.56. The van der Waals surface area contributed by atoms with Crippen molar-refractivity contribution < 1.29 is 9.59 Å². The van der Waals surface area contributed by atoms with Crippen LogP contribution in [-0.2, 0) is 18.4 Å². The molecule has 0 bridgehead atoms. The summed E-state index contributed by atoms with van der Waals surface area (Å²) in [4.78, 5) is 30.8. The number of nitrogens with zero attached hydrogens (tertiary/aromatic N) is 6. The Morgan fingerprint density at radius 1 is 1.12 bits per heavy atom. The summed E-state index contributed by atoms with van der Waals surface area (Å²) in [7, 11) is 1.89. The third-order valence-electron chi connectivity index (χ3n) is 6.50. The van der Waals surface area contributed by atoms with E-state index in [1.54, 1.807) is 16.9 Å². The van der Waals surface area contributed by atoms with Gasteiger partial charge < -0.3 is 10.6 Å². The highest BCUT2D eigenvalue weighted by molar-refractivity contribution is 6.00. The normalized spacial score (nSPS) is 15.5. The highest BCUT2D eigenvalue weighted by atomic mass is 16.2. The zero-order chi connectivity index (χ0) is 24.1. The van der Waals surface area contributed by atoms with Gasteiger partial charge in [-0.3, -0.25) is 14.3 Å². The molecule has 3 heterocycles. The Labute approximate surface area is 199 Å². The van der Waals surface area contributed by atoms with Crippen molar-refractivity contribution in [2.24, 2.45) is 13.0 Å². The average molecular weight is 465 g/mol. The lowest BCUT2D eigenvalue weighted by Crippen LogP contribution is -2.49. The van der Waals surface area contributed by atoms with Crippen molar-refractivity contribution >= 4 is 17.6 Å².